The van der Waals surface area contributed by atoms with Gasteiger partial charge in [-0.1, -0.05) is 243 Å². The van der Waals surface area contributed by atoms with Crippen LogP contribution in [0.25, 0.3) is 90.1 Å². The Kier molecular flexibility index (Phi) is 11.3. The molecule has 4 nitrogen and oxygen atoms in total. The molecule has 4 heteroatoms. The highest BCUT2D eigenvalue weighted by Gasteiger charge is 2.20. The van der Waals surface area contributed by atoms with Crippen molar-refractivity contribution >= 4 is 0 Å². The van der Waals surface area contributed by atoms with E-state index in [-0.39, 0.29) is 0 Å². The number of benzene rings is 8. The molecule has 2 aromatic heterocycles. The monoisotopic (exact) mass is 768 g/mol. The maximum absolute atomic E-state index is 5.20. The lowest BCUT2D eigenvalue weighted by atomic mass is 9.99. The lowest BCUT2D eigenvalue weighted by Gasteiger charge is -2.16. The van der Waals surface area contributed by atoms with Crippen LogP contribution in [0.5, 0.6) is 0 Å². The molecule has 60 heavy (non-hydrogen) atoms. The lowest BCUT2D eigenvalue weighted by Crippen LogP contribution is -2.00. The van der Waals surface area contributed by atoms with Crippen LogP contribution in [-0.2, 0) is 0 Å². The number of hydrogen-bond donors (Lipinski definition) is 0. The van der Waals surface area contributed by atoms with E-state index in [0.29, 0.717) is 0 Å². The third kappa shape index (κ3) is 8.31. The molecule has 0 saturated heterocycles. The second-order valence-electron chi connectivity index (χ2n) is 14.2. The van der Waals surface area contributed by atoms with Crippen LogP contribution in [0.3, 0.4) is 0 Å². The van der Waals surface area contributed by atoms with Gasteiger partial charge in [0.05, 0.1) is 45.6 Å². The van der Waals surface area contributed by atoms with Gasteiger partial charge < -0.3 is 0 Å². The summed E-state index contributed by atoms with van der Waals surface area (Å²) in [6, 6.07) is 82.3. The van der Waals surface area contributed by atoms with Gasteiger partial charge in [0, 0.05) is 44.5 Å². The van der Waals surface area contributed by atoms with Gasteiger partial charge in [0.2, 0.25) is 0 Å². The molecule has 10 aromatic rings. The van der Waals surface area contributed by atoms with Gasteiger partial charge in [-0.05, 0) is 0 Å². The van der Waals surface area contributed by atoms with Crippen LogP contribution < -0.4 is 0 Å². The van der Waals surface area contributed by atoms with Gasteiger partial charge in [-0.3, -0.25) is 0 Å². The van der Waals surface area contributed by atoms with Crippen LogP contribution in [0.4, 0.5) is 0 Å². The van der Waals surface area contributed by atoms with Gasteiger partial charge in [-0.2, -0.15) is 0 Å². The molecule has 284 valence electrons. The van der Waals surface area contributed by atoms with E-state index in [1.165, 1.54) is 0 Å². The van der Waals surface area contributed by atoms with Crippen molar-refractivity contribution < 1.29 is 0 Å². The summed E-state index contributed by atoms with van der Waals surface area (Å²) in [6.07, 6.45) is 0. The fourth-order valence-corrected chi connectivity index (χ4v) is 7.25. The zero-order valence-corrected chi connectivity index (χ0v) is 32.9. The van der Waals surface area contributed by atoms with Crippen molar-refractivity contribution in [3.63, 3.8) is 0 Å². The summed E-state index contributed by atoms with van der Waals surface area (Å²) in [6.45, 7) is 0. The molecule has 0 aliphatic rings. The molecule has 0 bridgehead atoms. The third-order valence-corrected chi connectivity index (χ3v) is 10.2. The zero-order valence-electron chi connectivity index (χ0n) is 32.9. The SMILES string of the molecule is c1ccc(-c2nc(-c3ccccc3)c(-c3ccccc3)nc2-c2ccccc2)cc1.c1ccc(-c2nc(-c3ccccc3)c(-c3ccccc3)nc2-c2ccccc2)cc1. The molecule has 0 aliphatic carbocycles. The fourth-order valence-electron chi connectivity index (χ4n) is 7.25. The Hall–Kier alpha value is -8.08. The largest absolute Gasteiger partial charge is 0.243 e. The van der Waals surface area contributed by atoms with Gasteiger partial charge in [0.25, 0.3) is 0 Å². The average Bonchev–Trinajstić information content (AvgIpc) is 3.35. The molecule has 0 aliphatic heterocycles. The van der Waals surface area contributed by atoms with E-state index in [9.17, 15) is 0 Å². The summed E-state index contributed by atoms with van der Waals surface area (Å²) in [7, 11) is 0. The van der Waals surface area contributed by atoms with Crippen molar-refractivity contribution in [2.45, 2.75) is 0 Å². The smallest absolute Gasteiger partial charge is 0.0973 e. The summed E-state index contributed by atoms with van der Waals surface area (Å²) >= 11 is 0. The molecular formula is C56H40N4. The first-order valence-electron chi connectivity index (χ1n) is 20.1. The minimum Gasteiger partial charge on any atom is -0.243 e. The molecule has 2 heterocycles. The standard InChI is InChI=1S/2C28H20N2/c2*1-5-13-21(14-6-1)25-26(22-15-7-2-8-16-22)30-28(24-19-11-4-12-20-24)27(29-25)23-17-9-3-10-18-23/h2*1-20H. The predicted molar refractivity (Wildman–Crippen MR) is 248 cm³/mol. The lowest BCUT2D eigenvalue weighted by molar-refractivity contribution is 1.21. The summed E-state index contributed by atoms with van der Waals surface area (Å²) < 4.78 is 0. The first-order valence-corrected chi connectivity index (χ1v) is 20.1. The van der Waals surface area contributed by atoms with E-state index >= 15 is 0 Å². The number of hydrogen-bond acceptors (Lipinski definition) is 4. The van der Waals surface area contributed by atoms with Crippen molar-refractivity contribution in [3.8, 4) is 90.1 Å². The molecule has 0 unspecified atom stereocenters. The molecular weight excluding hydrogens is 729 g/mol. The van der Waals surface area contributed by atoms with Crippen molar-refractivity contribution in [2.24, 2.45) is 0 Å². The summed E-state index contributed by atoms with van der Waals surface area (Å²) in [5, 5.41) is 0. The molecule has 0 amide bonds. The summed E-state index contributed by atoms with van der Waals surface area (Å²) in [5.74, 6) is 0. The van der Waals surface area contributed by atoms with Crippen LogP contribution in [0.15, 0.2) is 243 Å². The zero-order chi connectivity index (χ0) is 40.4. The van der Waals surface area contributed by atoms with Crippen molar-refractivity contribution in [1.29, 1.82) is 0 Å². The molecule has 10 rings (SSSR count). The minimum atomic E-state index is 0.889. The summed E-state index contributed by atoms with van der Waals surface area (Å²) in [4.78, 5) is 20.8. The average molecular weight is 769 g/mol. The van der Waals surface area contributed by atoms with E-state index in [1.807, 2.05) is 146 Å². The Labute approximate surface area is 351 Å². The molecule has 0 fully saturated rings. The highest BCUT2D eigenvalue weighted by molar-refractivity contribution is 5.88. The first-order chi connectivity index (χ1) is 29.8. The van der Waals surface area contributed by atoms with E-state index < -0.39 is 0 Å². The van der Waals surface area contributed by atoms with Gasteiger partial charge in [-0.15, -0.1) is 0 Å². The minimum absolute atomic E-state index is 0.889. The van der Waals surface area contributed by atoms with E-state index in [2.05, 4.69) is 97.1 Å². The first kappa shape index (κ1) is 37.5. The van der Waals surface area contributed by atoms with Crippen molar-refractivity contribution in [2.75, 3.05) is 0 Å². The van der Waals surface area contributed by atoms with E-state index in [1.54, 1.807) is 0 Å². The van der Waals surface area contributed by atoms with Gasteiger partial charge in [-0.25, -0.2) is 19.9 Å². The second kappa shape index (κ2) is 18.0. The van der Waals surface area contributed by atoms with E-state index in [4.69, 9.17) is 19.9 Å². The topological polar surface area (TPSA) is 51.6 Å². The summed E-state index contributed by atoms with van der Waals surface area (Å²) in [5.41, 5.74) is 15.6. The molecule has 0 N–H and O–H groups in total. The molecule has 0 atom stereocenters. The molecule has 0 saturated carbocycles. The van der Waals surface area contributed by atoms with Gasteiger partial charge in [0.1, 0.15) is 0 Å². The van der Waals surface area contributed by atoms with Gasteiger partial charge >= 0.3 is 0 Å². The quantitative estimate of drug-likeness (QED) is 0.154. The molecule has 8 aromatic carbocycles. The highest BCUT2D eigenvalue weighted by atomic mass is 14.9. The van der Waals surface area contributed by atoms with Gasteiger partial charge in [0.15, 0.2) is 0 Å². The Morgan fingerprint density at radius 2 is 0.233 bits per heavy atom. The van der Waals surface area contributed by atoms with Crippen LogP contribution >= 0.6 is 0 Å². The second-order valence-corrected chi connectivity index (χ2v) is 14.2. The Morgan fingerprint density at radius 3 is 0.333 bits per heavy atom. The third-order valence-electron chi connectivity index (χ3n) is 10.2. The fraction of sp³-hybridized carbons (Fsp3) is 0. The maximum Gasteiger partial charge on any atom is 0.0973 e. The Bertz CT molecular complexity index is 2300. The Morgan fingerprint density at radius 1 is 0.133 bits per heavy atom. The maximum atomic E-state index is 5.20. The molecule has 0 radical (unpaired) electrons. The van der Waals surface area contributed by atoms with Crippen LogP contribution in [0.2, 0.25) is 0 Å². The van der Waals surface area contributed by atoms with Crippen LogP contribution in [0.1, 0.15) is 0 Å². The van der Waals surface area contributed by atoms with Crippen molar-refractivity contribution in [3.05, 3.63) is 243 Å². The number of nitrogens with zero attached hydrogens (tertiary/aromatic N) is 4. The predicted octanol–water partition coefficient (Wildman–Crippen LogP) is 14.3. The van der Waals surface area contributed by atoms with Crippen LogP contribution in [0, 0.1) is 0 Å². The number of aromatic nitrogens is 4. The highest BCUT2D eigenvalue weighted by Crippen LogP contribution is 2.38. The Balaban J connectivity index is 0.000000154. The van der Waals surface area contributed by atoms with Crippen molar-refractivity contribution in [1.82, 2.24) is 19.9 Å². The number of rotatable bonds is 8. The normalized spacial score (nSPS) is 10.7. The van der Waals surface area contributed by atoms with E-state index in [0.717, 1.165) is 90.1 Å². The molecule has 0 spiro atoms. The van der Waals surface area contributed by atoms with Crippen LogP contribution in [-0.4, -0.2) is 19.9 Å².